The van der Waals surface area contributed by atoms with Gasteiger partial charge in [-0.3, -0.25) is 0 Å². The summed E-state index contributed by atoms with van der Waals surface area (Å²) in [5, 5.41) is 3.67. The monoisotopic (exact) mass is 231 g/mol. The summed E-state index contributed by atoms with van der Waals surface area (Å²) in [6, 6.07) is 7.11. The molecule has 3 rings (SSSR count). The molecule has 92 valence electrons. The Morgan fingerprint density at radius 3 is 2.94 bits per heavy atom. The Morgan fingerprint density at radius 1 is 1.35 bits per heavy atom. The van der Waals surface area contributed by atoms with E-state index in [9.17, 15) is 0 Å². The van der Waals surface area contributed by atoms with E-state index in [1.54, 1.807) is 7.11 Å². The Bertz CT molecular complexity index is 398. The Balaban J connectivity index is 1.82. The van der Waals surface area contributed by atoms with Gasteiger partial charge in [-0.1, -0.05) is 25.3 Å². The van der Waals surface area contributed by atoms with Gasteiger partial charge in [0.15, 0.2) is 0 Å². The fourth-order valence-corrected chi connectivity index (χ4v) is 3.02. The molecule has 0 aromatic heterocycles. The summed E-state index contributed by atoms with van der Waals surface area (Å²) >= 11 is 0. The molecule has 1 N–H and O–H groups in total. The van der Waals surface area contributed by atoms with Gasteiger partial charge in [0.1, 0.15) is 5.75 Å². The molecule has 1 aliphatic heterocycles. The average Bonchev–Trinajstić information content (AvgIpc) is 2.33. The highest BCUT2D eigenvalue weighted by Gasteiger charge is 2.26. The molecule has 1 aromatic carbocycles. The van der Waals surface area contributed by atoms with Crippen molar-refractivity contribution in [3.05, 3.63) is 29.3 Å². The first-order valence-electron chi connectivity index (χ1n) is 6.77. The van der Waals surface area contributed by atoms with E-state index in [1.165, 1.54) is 36.8 Å². The van der Waals surface area contributed by atoms with E-state index < -0.39 is 0 Å². The molecular weight excluding hydrogens is 210 g/mol. The topological polar surface area (TPSA) is 21.3 Å². The third-order valence-corrected chi connectivity index (χ3v) is 4.31. The van der Waals surface area contributed by atoms with Crippen molar-refractivity contribution in [2.45, 2.75) is 38.1 Å². The third-order valence-electron chi connectivity index (χ3n) is 4.31. The normalized spacial score (nSPS) is 23.9. The summed E-state index contributed by atoms with van der Waals surface area (Å²) in [6.45, 7) is 1.12. The summed E-state index contributed by atoms with van der Waals surface area (Å²) in [5.74, 6) is 1.94. The van der Waals surface area contributed by atoms with Crippen molar-refractivity contribution in [2.24, 2.45) is 5.92 Å². The largest absolute Gasteiger partial charge is 0.497 e. The minimum absolute atomic E-state index is 0.555. The Morgan fingerprint density at radius 2 is 2.24 bits per heavy atom. The van der Waals surface area contributed by atoms with Gasteiger partial charge in [-0.15, -0.1) is 0 Å². The molecule has 17 heavy (non-hydrogen) atoms. The zero-order chi connectivity index (χ0) is 11.7. The number of fused-ring (bicyclic) bond motifs is 1. The van der Waals surface area contributed by atoms with Crippen LogP contribution in [0.1, 0.15) is 42.9 Å². The van der Waals surface area contributed by atoms with Gasteiger partial charge < -0.3 is 10.1 Å². The predicted molar refractivity (Wildman–Crippen MR) is 69.4 cm³/mol. The lowest BCUT2D eigenvalue weighted by Crippen LogP contribution is -2.32. The van der Waals surface area contributed by atoms with E-state index in [-0.39, 0.29) is 0 Å². The maximum atomic E-state index is 5.35. The summed E-state index contributed by atoms with van der Waals surface area (Å²) in [4.78, 5) is 0. The Labute approximate surface area is 103 Å². The van der Waals surface area contributed by atoms with Crippen molar-refractivity contribution in [3.8, 4) is 5.75 Å². The van der Waals surface area contributed by atoms with Crippen molar-refractivity contribution in [3.63, 3.8) is 0 Å². The van der Waals surface area contributed by atoms with Crippen LogP contribution in [-0.4, -0.2) is 13.7 Å². The maximum absolute atomic E-state index is 5.35. The highest BCUT2D eigenvalue weighted by Crippen LogP contribution is 2.37. The van der Waals surface area contributed by atoms with E-state index in [0.29, 0.717) is 6.04 Å². The number of ether oxygens (including phenoxy) is 1. The van der Waals surface area contributed by atoms with E-state index in [2.05, 4.69) is 23.5 Å². The summed E-state index contributed by atoms with van der Waals surface area (Å²) < 4.78 is 5.35. The van der Waals surface area contributed by atoms with Crippen molar-refractivity contribution in [1.82, 2.24) is 5.32 Å². The molecule has 1 aliphatic carbocycles. The van der Waals surface area contributed by atoms with Crippen LogP contribution in [0.15, 0.2) is 18.2 Å². The van der Waals surface area contributed by atoms with Crippen molar-refractivity contribution >= 4 is 0 Å². The highest BCUT2D eigenvalue weighted by atomic mass is 16.5. The third kappa shape index (κ3) is 2.19. The van der Waals surface area contributed by atoms with Gasteiger partial charge in [-0.2, -0.15) is 0 Å². The smallest absolute Gasteiger partial charge is 0.119 e. The minimum Gasteiger partial charge on any atom is -0.497 e. The van der Waals surface area contributed by atoms with Crippen molar-refractivity contribution < 1.29 is 4.74 Å². The quantitative estimate of drug-likeness (QED) is 0.863. The van der Waals surface area contributed by atoms with Crippen molar-refractivity contribution in [2.75, 3.05) is 13.7 Å². The molecule has 2 heteroatoms. The predicted octanol–water partition coefficient (Wildman–Crippen LogP) is 3.07. The van der Waals surface area contributed by atoms with Crippen LogP contribution in [0.2, 0.25) is 0 Å². The number of hydrogen-bond donors (Lipinski definition) is 1. The molecule has 1 saturated carbocycles. The van der Waals surface area contributed by atoms with Crippen molar-refractivity contribution in [1.29, 1.82) is 0 Å². The maximum Gasteiger partial charge on any atom is 0.119 e. The van der Waals surface area contributed by atoms with E-state index >= 15 is 0 Å². The molecule has 1 atom stereocenters. The van der Waals surface area contributed by atoms with Crippen LogP contribution in [0.5, 0.6) is 5.75 Å². The molecular formula is C15H21NO. The van der Waals surface area contributed by atoms with Crippen LogP contribution in [0, 0.1) is 5.92 Å². The second-order valence-corrected chi connectivity index (χ2v) is 5.35. The molecule has 1 aromatic rings. The zero-order valence-corrected chi connectivity index (χ0v) is 10.5. The van der Waals surface area contributed by atoms with Crippen LogP contribution < -0.4 is 10.1 Å². The molecule has 1 fully saturated rings. The molecule has 0 radical (unpaired) electrons. The van der Waals surface area contributed by atoms with Gasteiger partial charge in [0.05, 0.1) is 7.11 Å². The molecule has 0 saturated heterocycles. The number of hydrogen-bond acceptors (Lipinski definition) is 2. The molecule has 0 amide bonds. The van der Waals surface area contributed by atoms with E-state index in [0.717, 1.165) is 24.6 Å². The van der Waals surface area contributed by atoms with Crippen LogP contribution in [0.4, 0.5) is 0 Å². The fraction of sp³-hybridized carbons (Fsp3) is 0.600. The van der Waals surface area contributed by atoms with Gasteiger partial charge >= 0.3 is 0 Å². The molecule has 2 aliphatic rings. The molecule has 1 heterocycles. The van der Waals surface area contributed by atoms with E-state index in [4.69, 9.17) is 4.74 Å². The Kier molecular flexibility index (Phi) is 3.06. The van der Waals surface area contributed by atoms with Gasteiger partial charge in [0.2, 0.25) is 0 Å². The lowest BCUT2D eigenvalue weighted by atomic mass is 9.78. The Hall–Kier alpha value is -1.02. The number of benzene rings is 1. The van der Waals surface area contributed by atoms with Gasteiger partial charge in [-0.25, -0.2) is 0 Å². The van der Waals surface area contributed by atoms with Gasteiger partial charge in [0.25, 0.3) is 0 Å². The average molecular weight is 231 g/mol. The first-order chi connectivity index (χ1) is 8.36. The van der Waals surface area contributed by atoms with Gasteiger partial charge in [-0.05, 0) is 48.6 Å². The summed E-state index contributed by atoms with van der Waals surface area (Å²) in [7, 11) is 1.75. The molecule has 0 spiro atoms. The summed E-state index contributed by atoms with van der Waals surface area (Å²) in [6.07, 6.45) is 6.75. The van der Waals surface area contributed by atoms with Crippen LogP contribution in [0.3, 0.4) is 0 Å². The van der Waals surface area contributed by atoms with E-state index in [1.807, 2.05) is 0 Å². The first-order valence-corrected chi connectivity index (χ1v) is 6.77. The lowest BCUT2D eigenvalue weighted by Gasteiger charge is -2.34. The van der Waals surface area contributed by atoms with Gasteiger partial charge in [0, 0.05) is 6.04 Å². The lowest BCUT2D eigenvalue weighted by molar-refractivity contribution is 0.257. The standard InChI is InChI=1S/C15H21NO/c1-17-13-6-5-12-7-8-16-15(14(12)10-13)9-11-3-2-4-11/h5-6,10-11,15-16H,2-4,7-9H2,1H3. The SMILES string of the molecule is COc1ccc2c(c1)C(CC1CCC1)NCC2. The summed E-state index contributed by atoms with van der Waals surface area (Å²) in [5.41, 5.74) is 2.98. The number of rotatable bonds is 3. The zero-order valence-electron chi connectivity index (χ0n) is 10.5. The highest BCUT2D eigenvalue weighted by molar-refractivity contribution is 5.39. The van der Waals surface area contributed by atoms with Crippen LogP contribution >= 0.6 is 0 Å². The second kappa shape index (κ2) is 4.69. The van der Waals surface area contributed by atoms with Crippen LogP contribution in [-0.2, 0) is 6.42 Å². The first kappa shape index (κ1) is 11.1. The second-order valence-electron chi connectivity index (χ2n) is 5.35. The number of methoxy groups -OCH3 is 1. The fourth-order valence-electron chi connectivity index (χ4n) is 3.02. The minimum atomic E-state index is 0.555. The molecule has 1 unspecified atom stereocenters. The molecule has 2 nitrogen and oxygen atoms in total. The molecule has 0 bridgehead atoms. The number of nitrogens with one attached hydrogen (secondary N) is 1. The van der Waals surface area contributed by atoms with Crippen LogP contribution in [0.25, 0.3) is 0 Å².